The summed E-state index contributed by atoms with van der Waals surface area (Å²) in [4.78, 5) is 0. The topological polar surface area (TPSA) is 133 Å². The van der Waals surface area contributed by atoms with E-state index in [0.717, 1.165) is 33.4 Å². The summed E-state index contributed by atoms with van der Waals surface area (Å²) in [5, 5.41) is 24.1. The number of rotatable bonds is 23. The minimum atomic E-state index is -1.44. The van der Waals surface area contributed by atoms with Crippen LogP contribution < -0.4 is 4.74 Å². The van der Waals surface area contributed by atoms with E-state index in [-0.39, 0.29) is 46.2 Å². The largest absolute Gasteiger partial charge is 0.497 e. The van der Waals surface area contributed by atoms with Crippen LogP contribution in [0.5, 0.6) is 5.75 Å². The van der Waals surface area contributed by atoms with Crippen LogP contribution in [0.25, 0.3) is 0 Å². The molecule has 2 aliphatic heterocycles. The molecule has 2 fully saturated rings. The van der Waals surface area contributed by atoms with Gasteiger partial charge in [0, 0.05) is 0 Å². The summed E-state index contributed by atoms with van der Waals surface area (Å²) in [5.74, 6) is 0.704. The van der Waals surface area contributed by atoms with Gasteiger partial charge in [-0.2, -0.15) is 0 Å². The molecule has 8 rings (SSSR count). The van der Waals surface area contributed by atoms with Gasteiger partial charge in [0.25, 0.3) is 0 Å². The van der Waals surface area contributed by atoms with Crippen molar-refractivity contribution in [2.24, 2.45) is 0 Å². The monoisotopic (exact) mass is 912 g/mol. The van der Waals surface area contributed by atoms with Gasteiger partial charge in [0.2, 0.25) is 0 Å². The Morgan fingerprint density at radius 3 is 1.24 bits per heavy atom. The number of ether oxygens (including phenoxy) is 10. The SMILES string of the molecule is COc1ccc(CO[C@@H]2[C@@H](OCc3ccccc3)[C@H](O)O[C@H](COCc3ccccc3)[C@@H]2O[C@@H]2O[C@H](COCc3ccccc3)[C@@H](O)[C@H](OCc3ccccc3)[C@@H]2OCc2ccccc2)cc1. The summed E-state index contributed by atoms with van der Waals surface area (Å²) < 4.78 is 65.2. The van der Waals surface area contributed by atoms with Crippen LogP contribution in [-0.4, -0.2) is 91.9 Å². The molecule has 0 unspecified atom stereocenters. The van der Waals surface area contributed by atoms with E-state index < -0.39 is 61.4 Å². The predicted octanol–water partition coefficient (Wildman–Crippen LogP) is 7.96. The second-order valence-corrected chi connectivity index (χ2v) is 16.6. The van der Waals surface area contributed by atoms with Gasteiger partial charge in [-0.1, -0.05) is 164 Å². The molecule has 2 heterocycles. The molecule has 0 radical (unpaired) electrons. The molecule has 67 heavy (non-hydrogen) atoms. The highest BCUT2D eigenvalue weighted by atomic mass is 16.7. The standard InChI is InChI=1S/C55H60O12/c1-58-45-29-27-44(28-30-45)36-62-51-49(47(38-60-32-40-19-9-3-10-20-40)65-54(57)52(51)63-34-42-23-13-5-14-24-42)67-55-53(64-35-43-25-15-6-16-26-43)50(61-33-41-21-11-4-12-22-41)48(56)46(66-55)37-59-31-39-17-7-2-8-18-39/h2-30,46-57H,31-38H2,1H3/t46-,47-,48-,49+,50+,51+,52-,53+,54-,55+/m1/s1. The number of hydrogen-bond acceptors (Lipinski definition) is 12. The summed E-state index contributed by atoms with van der Waals surface area (Å²) >= 11 is 0. The van der Waals surface area contributed by atoms with Crippen molar-refractivity contribution in [3.63, 3.8) is 0 Å². The van der Waals surface area contributed by atoms with E-state index in [9.17, 15) is 10.2 Å². The molecule has 0 amide bonds. The third kappa shape index (κ3) is 13.9. The molecule has 0 aromatic heterocycles. The fourth-order valence-corrected chi connectivity index (χ4v) is 8.17. The lowest BCUT2D eigenvalue weighted by Gasteiger charge is -2.49. The number of hydrogen-bond donors (Lipinski definition) is 2. The lowest BCUT2D eigenvalue weighted by molar-refractivity contribution is -0.371. The van der Waals surface area contributed by atoms with Crippen molar-refractivity contribution in [3.05, 3.63) is 209 Å². The van der Waals surface area contributed by atoms with E-state index in [1.807, 2.05) is 176 Å². The summed E-state index contributed by atoms with van der Waals surface area (Å²) in [7, 11) is 1.62. The zero-order valence-corrected chi connectivity index (χ0v) is 37.7. The lowest BCUT2D eigenvalue weighted by Crippen LogP contribution is -2.66. The fourth-order valence-electron chi connectivity index (χ4n) is 8.17. The maximum absolute atomic E-state index is 12.2. The van der Waals surface area contributed by atoms with Gasteiger partial charge >= 0.3 is 0 Å². The van der Waals surface area contributed by atoms with Crippen LogP contribution in [0.4, 0.5) is 0 Å². The highest BCUT2D eigenvalue weighted by Crippen LogP contribution is 2.35. The molecule has 12 nitrogen and oxygen atoms in total. The molecule has 10 atom stereocenters. The smallest absolute Gasteiger partial charge is 0.187 e. The quantitative estimate of drug-likeness (QED) is 0.0647. The number of aliphatic hydroxyl groups is 2. The van der Waals surface area contributed by atoms with Gasteiger partial charge in [0.1, 0.15) is 54.6 Å². The summed E-state index contributed by atoms with van der Waals surface area (Å²) in [5.41, 5.74) is 5.49. The van der Waals surface area contributed by atoms with E-state index in [1.54, 1.807) is 7.11 Å². The van der Waals surface area contributed by atoms with Crippen molar-refractivity contribution in [2.45, 2.75) is 101 Å². The Balaban J connectivity index is 1.14. The number of methoxy groups -OCH3 is 1. The first kappa shape index (κ1) is 48.1. The highest BCUT2D eigenvalue weighted by molar-refractivity contribution is 5.27. The average Bonchev–Trinajstić information content (AvgIpc) is 3.37. The minimum absolute atomic E-state index is 0.00680. The first-order valence-corrected chi connectivity index (χ1v) is 22.8. The predicted molar refractivity (Wildman–Crippen MR) is 249 cm³/mol. The maximum Gasteiger partial charge on any atom is 0.187 e. The molecular formula is C55H60O12. The molecule has 12 heteroatoms. The molecule has 2 N–H and O–H groups in total. The van der Waals surface area contributed by atoms with Gasteiger partial charge in [0.15, 0.2) is 12.6 Å². The van der Waals surface area contributed by atoms with E-state index in [0.29, 0.717) is 12.4 Å². The van der Waals surface area contributed by atoms with Gasteiger partial charge in [-0.25, -0.2) is 0 Å². The fraction of sp³-hybridized carbons (Fsp3) is 0.345. The zero-order valence-electron chi connectivity index (χ0n) is 37.7. The zero-order chi connectivity index (χ0) is 46.0. The Hall–Kier alpha value is -5.32. The van der Waals surface area contributed by atoms with Crippen LogP contribution >= 0.6 is 0 Å². The van der Waals surface area contributed by atoms with E-state index in [4.69, 9.17) is 47.4 Å². The van der Waals surface area contributed by atoms with Crippen molar-refractivity contribution >= 4 is 0 Å². The van der Waals surface area contributed by atoms with Gasteiger partial charge in [-0.05, 0) is 45.5 Å². The second-order valence-electron chi connectivity index (χ2n) is 16.6. The highest BCUT2D eigenvalue weighted by Gasteiger charge is 2.53. The molecule has 0 saturated carbocycles. The average molecular weight is 913 g/mol. The van der Waals surface area contributed by atoms with Crippen molar-refractivity contribution in [1.29, 1.82) is 0 Å². The molecule has 2 saturated heterocycles. The van der Waals surface area contributed by atoms with Gasteiger partial charge in [-0.15, -0.1) is 0 Å². The van der Waals surface area contributed by atoms with Crippen LogP contribution in [0, 0.1) is 0 Å². The van der Waals surface area contributed by atoms with E-state index >= 15 is 0 Å². The van der Waals surface area contributed by atoms with Crippen molar-refractivity contribution in [2.75, 3.05) is 20.3 Å². The summed E-state index contributed by atoms with van der Waals surface area (Å²) in [6, 6.07) is 56.3. The Kier molecular flexibility index (Phi) is 18.1. The van der Waals surface area contributed by atoms with Gasteiger partial charge < -0.3 is 57.6 Å². The minimum Gasteiger partial charge on any atom is -0.497 e. The first-order chi connectivity index (χ1) is 33.0. The van der Waals surface area contributed by atoms with E-state index in [1.165, 1.54) is 0 Å². The summed E-state index contributed by atoms with van der Waals surface area (Å²) in [6.07, 6.45) is -10.6. The van der Waals surface area contributed by atoms with Crippen LogP contribution in [0.2, 0.25) is 0 Å². The molecule has 0 aliphatic carbocycles. The molecular weight excluding hydrogens is 853 g/mol. The Labute approximate surface area is 392 Å². The van der Waals surface area contributed by atoms with Crippen molar-refractivity contribution in [3.8, 4) is 5.75 Å². The second kappa shape index (κ2) is 25.2. The lowest BCUT2D eigenvalue weighted by atomic mass is 9.96. The molecule has 0 bridgehead atoms. The third-order valence-electron chi connectivity index (χ3n) is 11.8. The Morgan fingerprint density at radius 1 is 0.388 bits per heavy atom. The molecule has 6 aromatic rings. The normalized spacial score (nSPS) is 25.1. The molecule has 2 aliphatic rings. The first-order valence-electron chi connectivity index (χ1n) is 22.8. The van der Waals surface area contributed by atoms with E-state index in [2.05, 4.69) is 0 Å². The van der Waals surface area contributed by atoms with Crippen LogP contribution in [0.1, 0.15) is 33.4 Å². The van der Waals surface area contributed by atoms with Crippen molar-refractivity contribution in [1.82, 2.24) is 0 Å². The third-order valence-corrected chi connectivity index (χ3v) is 11.8. The van der Waals surface area contributed by atoms with Crippen molar-refractivity contribution < 1.29 is 57.6 Å². The number of aliphatic hydroxyl groups excluding tert-OH is 2. The Morgan fingerprint density at radius 2 is 0.776 bits per heavy atom. The van der Waals surface area contributed by atoms with Gasteiger partial charge in [0.05, 0.1) is 60.0 Å². The molecule has 352 valence electrons. The van der Waals surface area contributed by atoms with Crippen LogP contribution in [-0.2, 0) is 82.3 Å². The Bertz CT molecular complexity index is 2270. The maximum atomic E-state index is 12.2. The van der Waals surface area contributed by atoms with Crippen LogP contribution in [0.3, 0.4) is 0 Å². The summed E-state index contributed by atoms with van der Waals surface area (Å²) in [6.45, 7) is 1.20. The molecule has 6 aromatic carbocycles. The molecule has 0 spiro atoms. The van der Waals surface area contributed by atoms with Gasteiger partial charge in [-0.3, -0.25) is 0 Å². The number of benzene rings is 6. The van der Waals surface area contributed by atoms with Crippen LogP contribution in [0.15, 0.2) is 176 Å².